The van der Waals surface area contributed by atoms with Gasteiger partial charge in [0, 0.05) is 6.54 Å². The van der Waals surface area contributed by atoms with Gasteiger partial charge in [0.1, 0.15) is 5.52 Å². The van der Waals surface area contributed by atoms with E-state index in [1.54, 1.807) is 18.2 Å². The molecular formula is C13H15N5O. The lowest BCUT2D eigenvalue weighted by molar-refractivity contribution is 0.229. The van der Waals surface area contributed by atoms with Gasteiger partial charge in [-0.05, 0) is 26.1 Å². The van der Waals surface area contributed by atoms with Crippen LogP contribution in [0.15, 0.2) is 29.1 Å². The molecule has 0 unspecified atom stereocenters. The van der Waals surface area contributed by atoms with Crippen molar-refractivity contribution in [1.29, 1.82) is 5.26 Å². The molecule has 19 heavy (non-hydrogen) atoms. The molecule has 0 aliphatic carbocycles. The average Bonchev–Trinajstić information content (AvgIpc) is 2.42. The predicted octanol–water partition coefficient (Wildman–Crippen LogP) is 0.840. The van der Waals surface area contributed by atoms with Crippen molar-refractivity contribution < 1.29 is 0 Å². The number of hydrogen-bond donors (Lipinski definition) is 0. The molecule has 0 bridgehead atoms. The van der Waals surface area contributed by atoms with Crippen LogP contribution in [0.3, 0.4) is 0 Å². The summed E-state index contributed by atoms with van der Waals surface area (Å²) >= 11 is 0. The first-order valence-corrected chi connectivity index (χ1v) is 6.02. The van der Waals surface area contributed by atoms with E-state index < -0.39 is 0 Å². The Hall–Kier alpha value is -2.26. The molecule has 1 atom stereocenters. The van der Waals surface area contributed by atoms with E-state index in [1.165, 1.54) is 4.68 Å². The van der Waals surface area contributed by atoms with E-state index in [4.69, 9.17) is 5.26 Å². The summed E-state index contributed by atoms with van der Waals surface area (Å²) in [6.45, 7) is 2.74. The quantitative estimate of drug-likeness (QED) is 0.811. The molecule has 98 valence electrons. The predicted molar refractivity (Wildman–Crippen MR) is 71.2 cm³/mol. The van der Waals surface area contributed by atoms with Crippen LogP contribution < -0.4 is 5.56 Å². The Morgan fingerprint density at radius 3 is 2.95 bits per heavy atom. The van der Waals surface area contributed by atoms with Gasteiger partial charge in [-0.15, -0.1) is 5.10 Å². The summed E-state index contributed by atoms with van der Waals surface area (Å²) in [5, 5.41) is 17.3. The van der Waals surface area contributed by atoms with E-state index in [1.807, 2.05) is 24.9 Å². The maximum absolute atomic E-state index is 12.2. The van der Waals surface area contributed by atoms with Crippen LogP contribution in [0.2, 0.25) is 0 Å². The summed E-state index contributed by atoms with van der Waals surface area (Å²) in [5.74, 6) is -0.0888. The number of benzene rings is 1. The van der Waals surface area contributed by atoms with Crippen LogP contribution in [-0.2, 0) is 6.67 Å². The third kappa shape index (κ3) is 2.95. The lowest BCUT2D eigenvalue weighted by Gasteiger charge is -2.17. The largest absolute Gasteiger partial charge is 0.286 e. The lowest BCUT2D eigenvalue weighted by atomic mass is 10.2. The van der Waals surface area contributed by atoms with Crippen LogP contribution in [0.1, 0.15) is 6.92 Å². The standard InChI is InChI=1S/C13H15N5O/c1-10(7-14)8-17(2)9-18-13(19)11-5-3-4-6-12(11)15-16-18/h3-6,10H,8-9H2,1-2H3/t10-/m1/s1. The summed E-state index contributed by atoms with van der Waals surface area (Å²) in [7, 11) is 1.84. The van der Waals surface area contributed by atoms with E-state index in [0.717, 1.165) is 0 Å². The van der Waals surface area contributed by atoms with Crippen LogP contribution >= 0.6 is 0 Å². The van der Waals surface area contributed by atoms with Gasteiger partial charge in [-0.2, -0.15) is 9.94 Å². The molecule has 6 heteroatoms. The minimum Gasteiger partial charge on any atom is -0.286 e. The second-order valence-corrected chi connectivity index (χ2v) is 4.62. The van der Waals surface area contributed by atoms with Crippen LogP contribution in [0.25, 0.3) is 10.9 Å². The molecule has 0 aliphatic heterocycles. The molecule has 2 aromatic rings. The fourth-order valence-electron chi connectivity index (χ4n) is 1.91. The Bertz CT molecular complexity index is 673. The molecule has 0 saturated heterocycles. The fourth-order valence-corrected chi connectivity index (χ4v) is 1.91. The highest BCUT2D eigenvalue weighted by Gasteiger charge is 2.09. The van der Waals surface area contributed by atoms with Gasteiger partial charge in [-0.25, -0.2) is 0 Å². The maximum atomic E-state index is 12.2. The number of rotatable bonds is 4. The molecular weight excluding hydrogens is 242 g/mol. The molecule has 0 amide bonds. The van der Waals surface area contributed by atoms with Crippen LogP contribution in [0, 0.1) is 17.2 Å². The fraction of sp³-hybridized carbons (Fsp3) is 0.385. The first-order valence-electron chi connectivity index (χ1n) is 6.02. The molecule has 0 fully saturated rings. The van der Waals surface area contributed by atoms with Crippen molar-refractivity contribution in [3.63, 3.8) is 0 Å². The second-order valence-electron chi connectivity index (χ2n) is 4.62. The minimum atomic E-state index is -0.165. The zero-order chi connectivity index (χ0) is 13.8. The van der Waals surface area contributed by atoms with E-state index >= 15 is 0 Å². The first kappa shape index (κ1) is 13.2. The molecule has 2 rings (SSSR count). The van der Waals surface area contributed by atoms with Gasteiger partial charge in [0.2, 0.25) is 0 Å². The summed E-state index contributed by atoms with van der Waals surface area (Å²) in [6, 6.07) is 9.28. The molecule has 1 aromatic heterocycles. The molecule has 0 N–H and O–H groups in total. The van der Waals surface area contributed by atoms with E-state index in [0.29, 0.717) is 24.1 Å². The Morgan fingerprint density at radius 2 is 2.21 bits per heavy atom. The number of aromatic nitrogens is 3. The van der Waals surface area contributed by atoms with Gasteiger partial charge in [0.15, 0.2) is 0 Å². The summed E-state index contributed by atoms with van der Waals surface area (Å²) in [4.78, 5) is 14.1. The zero-order valence-corrected chi connectivity index (χ0v) is 10.9. The highest BCUT2D eigenvalue weighted by Crippen LogP contribution is 2.04. The Labute approximate surface area is 110 Å². The highest BCUT2D eigenvalue weighted by atomic mass is 16.1. The smallest absolute Gasteiger partial charge is 0.278 e. The van der Waals surface area contributed by atoms with Gasteiger partial charge in [-0.3, -0.25) is 9.69 Å². The third-order valence-electron chi connectivity index (χ3n) is 2.81. The first-order chi connectivity index (χ1) is 9.11. The van der Waals surface area contributed by atoms with Crippen molar-refractivity contribution in [1.82, 2.24) is 19.9 Å². The number of fused-ring (bicyclic) bond motifs is 1. The lowest BCUT2D eigenvalue weighted by Crippen LogP contribution is -2.34. The Balaban J connectivity index is 2.25. The number of hydrogen-bond acceptors (Lipinski definition) is 5. The normalized spacial score (nSPS) is 12.5. The van der Waals surface area contributed by atoms with Gasteiger partial charge in [0.05, 0.1) is 24.0 Å². The van der Waals surface area contributed by atoms with Crippen molar-refractivity contribution >= 4 is 10.9 Å². The summed E-state index contributed by atoms with van der Waals surface area (Å²) in [5.41, 5.74) is 0.429. The second kappa shape index (κ2) is 5.59. The van der Waals surface area contributed by atoms with Gasteiger partial charge >= 0.3 is 0 Å². The van der Waals surface area contributed by atoms with Crippen molar-refractivity contribution in [2.75, 3.05) is 13.6 Å². The number of nitrogens with zero attached hydrogens (tertiary/aromatic N) is 5. The van der Waals surface area contributed by atoms with Crippen molar-refractivity contribution in [2.45, 2.75) is 13.6 Å². The number of nitriles is 1. The summed E-state index contributed by atoms with van der Waals surface area (Å²) < 4.78 is 1.31. The topological polar surface area (TPSA) is 74.8 Å². The molecule has 1 heterocycles. The summed E-state index contributed by atoms with van der Waals surface area (Å²) in [6.07, 6.45) is 0. The van der Waals surface area contributed by atoms with Crippen LogP contribution in [-0.4, -0.2) is 33.5 Å². The van der Waals surface area contributed by atoms with Gasteiger partial charge in [-0.1, -0.05) is 17.3 Å². The molecule has 0 aliphatic rings. The van der Waals surface area contributed by atoms with Gasteiger partial charge in [0.25, 0.3) is 5.56 Å². The maximum Gasteiger partial charge on any atom is 0.278 e. The molecule has 6 nitrogen and oxygen atoms in total. The minimum absolute atomic E-state index is 0.0888. The van der Waals surface area contributed by atoms with Crippen molar-refractivity contribution in [3.05, 3.63) is 34.6 Å². The Morgan fingerprint density at radius 1 is 1.47 bits per heavy atom. The SMILES string of the molecule is C[C@H](C#N)CN(C)Cn1nnc2ccccc2c1=O. The molecule has 1 aromatic carbocycles. The molecule has 0 saturated carbocycles. The highest BCUT2D eigenvalue weighted by molar-refractivity contribution is 5.76. The third-order valence-corrected chi connectivity index (χ3v) is 2.81. The molecule has 0 spiro atoms. The Kier molecular flexibility index (Phi) is 3.88. The van der Waals surface area contributed by atoms with E-state index in [-0.39, 0.29) is 11.5 Å². The zero-order valence-electron chi connectivity index (χ0n) is 10.9. The average molecular weight is 257 g/mol. The van der Waals surface area contributed by atoms with Gasteiger partial charge < -0.3 is 0 Å². The van der Waals surface area contributed by atoms with E-state index in [9.17, 15) is 4.79 Å². The monoisotopic (exact) mass is 257 g/mol. The van der Waals surface area contributed by atoms with Crippen molar-refractivity contribution in [2.24, 2.45) is 5.92 Å². The van der Waals surface area contributed by atoms with Crippen molar-refractivity contribution in [3.8, 4) is 6.07 Å². The van der Waals surface area contributed by atoms with Crippen LogP contribution in [0.4, 0.5) is 0 Å². The molecule has 0 radical (unpaired) electrons. The van der Waals surface area contributed by atoms with Crippen LogP contribution in [0.5, 0.6) is 0 Å². The van der Waals surface area contributed by atoms with E-state index in [2.05, 4.69) is 16.4 Å².